The standard InChI is InChI=1S/C19H21N3OS/c1-14(18(23)22-19(13-20)11-5-2-6-12-19)24-17-10-9-15-7-3-4-8-16(15)21-17/h3-4,7-10,14H,2,5-6,11-12H2,1H3,(H,22,23)/t14-/m0/s1. The zero-order valence-electron chi connectivity index (χ0n) is 13.8. The third kappa shape index (κ3) is 3.70. The van der Waals surface area contributed by atoms with Gasteiger partial charge in [0.1, 0.15) is 5.54 Å². The van der Waals surface area contributed by atoms with Gasteiger partial charge in [0.05, 0.1) is 21.9 Å². The SMILES string of the molecule is C[C@H](Sc1ccc2ccccc2n1)C(=O)NC1(C#N)CCCCC1. The number of aromatic nitrogens is 1. The first-order chi connectivity index (χ1) is 11.6. The monoisotopic (exact) mass is 339 g/mol. The Morgan fingerprint density at radius 2 is 2.00 bits per heavy atom. The molecule has 1 aliphatic rings. The molecule has 0 saturated heterocycles. The van der Waals surface area contributed by atoms with E-state index in [1.54, 1.807) is 0 Å². The Bertz CT molecular complexity index is 778. The van der Waals surface area contributed by atoms with Gasteiger partial charge in [-0.05, 0) is 31.9 Å². The number of fused-ring (bicyclic) bond motifs is 1. The van der Waals surface area contributed by atoms with Crippen LogP contribution in [0.5, 0.6) is 0 Å². The fraction of sp³-hybridized carbons (Fsp3) is 0.421. The van der Waals surface area contributed by atoms with E-state index in [2.05, 4.69) is 16.4 Å². The number of hydrogen-bond donors (Lipinski definition) is 1. The van der Waals surface area contributed by atoms with Crippen molar-refractivity contribution in [3.05, 3.63) is 36.4 Å². The number of nitrogens with zero attached hydrogens (tertiary/aromatic N) is 2. The van der Waals surface area contributed by atoms with Gasteiger partial charge < -0.3 is 5.32 Å². The number of para-hydroxylation sites is 1. The molecule has 0 unspecified atom stereocenters. The molecule has 1 saturated carbocycles. The first kappa shape index (κ1) is 16.8. The Hall–Kier alpha value is -2.06. The van der Waals surface area contributed by atoms with Gasteiger partial charge in [-0.3, -0.25) is 4.79 Å². The molecule has 0 bridgehead atoms. The zero-order valence-corrected chi connectivity index (χ0v) is 14.6. The summed E-state index contributed by atoms with van der Waals surface area (Å²) in [5.41, 5.74) is 0.247. The molecule has 1 heterocycles. The number of rotatable bonds is 4. The van der Waals surface area contributed by atoms with Crippen molar-refractivity contribution in [2.45, 2.75) is 54.8 Å². The smallest absolute Gasteiger partial charge is 0.234 e. The van der Waals surface area contributed by atoms with Gasteiger partial charge in [-0.25, -0.2) is 4.98 Å². The molecule has 5 heteroatoms. The molecule has 1 atom stereocenters. The van der Waals surface area contributed by atoms with Gasteiger partial charge >= 0.3 is 0 Å². The van der Waals surface area contributed by atoms with Crippen molar-refractivity contribution in [3.8, 4) is 6.07 Å². The Morgan fingerprint density at radius 3 is 2.75 bits per heavy atom. The number of thioether (sulfide) groups is 1. The van der Waals surface area contributed by atoms with Crippen molar-refractivity contribution in [1.82, 2.24) is 10.3 Å². The second kappa shape index (κ2) is 7.23. The van der Waals surface area contributed by atoms with Gasteiger partial charge in [0.25, 0.3) is 0 Å². The second-order valence-electron chi connectivity index (χ2n) is 6.35. The highest BCUT2D eigenvalue weighted by Gasteiger charge is 2.34. The van der Waals surface area contributed by atoms with Gasteiger partial charge in [0.15, 0.2) is 0 Å². The maximum atomic E-state index is 12.5. The van der Waals surface area contributed by atoms with Crippen molar-refractivity contribution >= 4 is 28.6 Å². The van der Waals surface area contributed by atoms with Crippen LogP contribution in [0.4, 0.5) is 0 Å². The van der Waals surface area contributed by atoms with E-state index in [0.717, 1.165) is 48.0 Å². The molecule has 1 fully saturated rings. The largest absolute Gasteiger partial charge is 0.337 e. The Morgan fingerprint density at radius 1 is 1.25 bits per heavy atom. The predicted octanol–water partition coefficient (Wildman–Crippen LogP) is 4.06. The predicted molar refractivity (Wildman–Crippen MR) is 96.6 cm³/mol. The minimum absolute atomic E-state index is 0.0848. The lowest BCUT2D eigenvalue weighted by Crippen LogP contribution is -2.50. The lowest BCUT2D eigenvalue weighted by Gasteiger charge is -2.32. The molecule has 0 radical (unpaired) electrons. The highest BCUT2D eigenvalue weighted by molar-refractivity contribution is 8.00. The quantitative estimate of drug-likeness (QED) is 0.853. The molecule has 3 rings (SSSR count). The molecular weight excluding hydrogens is 318 g/mol. The summed E-state index contributed by atoms with van der Waals surface area (Å²) in [4.78, 5) is 17.1. The first-order valence-electron chi connectivity index (χ1n) is 8.38. The number of nitrogens with one attached hydrogen (secondary N) is 1. The fourth-order valence-electron chi connectivity index (χ4n) is 3.11. The van der Waals surface area contributed by atoms with E-state index in [4.69, 9.17) is 0 Å². The number of carbonyl (C=O) groups is 1. The summed E-state index contributed by atoms with van der Waals surface area (Å²) in [5.74, 6) is -0.0848. The molecule has 4 nitrogen and oxygen atoms in total. The van der Waals surface area contributed by atoms with Crippen LogP contribution in [0.15, 0.2) is 41.4 Å². The Kier molecular flexibility index (Phi) is 5.06. The van der Waals surface area contributed by atoms with E-state index in [1.807, 2.05) is 43.3 Å². The van der Waals surface area contributed by atoms with Crippen molar-refractivity contribution in [2.75, 3.05) is 0 Å². The molecule has 124 valence electrons. The van der Waals surface area contributed by atoms with Crippen molar-refractivity contribution in [1.29, 1.82) is 5.26 Å². The van der Waals surface area contributed by atoms with Crippen LogP contribution in [0, 0.1) is 11.3 Å². The fourth-order valence-corrected chi connectivity index (χ4v) is 3.93. The highest BCUT2D eigenvalue weighted by atomic mass is 32.2. The number of nitriles is 1. The van der Waals surface area contributed by atoms with Crippen LogP contribution >= 0.6 is 11.8 Å². The normalized spacial score (nSPS) is 17.8. The van der Waals surface area contributed by atoms with E-state index in [1.165, 1.54) is 11.8 Å². The average Bonchev–Trinajstić information content (AvgIpc) is 2.62. The van der Waals surface area contributed by atoms with Gasteiger partial charge in [-0.15, -0.1) is 0 Å². The lowest BCUT2D eigenvalue weighted by atomic mass is 9.83. The first-order valence-corrected chi connectivity index (χ1v) is 9.26. The van der Waals surface area contributed by atoms with Crippen LogP contribution in [-0.2, 0) is 4.79 Å². The van der Waals surface area contributed by atoms with E-state index in [-0.39, 0.29) is 11.2 Å². The van der Waals surface area contributed by atoms with Crippen LogP contribution in [-0.4, -0.2) is 21.7 Å². The third-order valence-corrected chi connectivity index (χ3v) is 5.56. The van der Waals surface area contributed by atoms with Crippen molar-refractivity contribution in [2.24, 2.45) is 0 Å². The maximum Gasteiger partial charge on any atom is 0.234 e. The van der Waals surface area contributed by atoms with E-state index in [9.17, 15) is 10.1 Å². The molecule has 1 aromatic carbocycles. The molecular formula is C19H21N3OS. The summed E-state index contributed by atoms with van der Waals surface area (Å²) < 4.78 is 0. The molecule has 1 aliphatic carbocycles. The topological polar surface area (TPSA) is 65.8 Å². The Labute approximate surface area is 146 Å². The molecule has 1 N–H and O–H groups in total. The third-order valence-electron chi connectivity index (χ3n) is 4.52. The van der Waals surface area contributed by atoms with E-state index >= 15 is 0 Å². The summed E-state index contributed by atoms with van der Waals surface area (Å²) in [6, 6.07) is 14.2. The maximum absolute atomic E-state index is 12.5. The van der Waals surface area contributed by atoms with E-state index < -0.39 is 5.54 Å². The van der Waals surface area contributed by atoms with Gasteiger partial charge in [0, 0.05) is 5.39 Å². The lowest BCUT2D eigenvalue weighted by molar-refractivity contribution is -0.121. The number of pyridine rings is 1. The number of amides is 1. The minimum Gasteiger partial charge on any atom is -0.337 e. The second-order valence-corrected chi connectivity index (χ2v) is 7.71. The number of carbonyl (C=O) groups excluding carboxylic acids is 1. The molecule has 1 aromatic heterocycles. The van der Waals surface area contributed by atoms with E-state index in [0.29, 0.717) is 0 Å². The molecule has 0 spiro atoms. The summed E-state index contributed by atoms with van der Waals surface area (Å²) in [5, 5.41) is 14.1. The summed E-state index contributed by atoms with van der Waals surface area (Å²) >= 11 is 1.43. The molecule has 24 heavy (non-hydrogen) atoms. The van der Waals surface area contributed by atoms with Crippen molar-refractivity contribution < 1.29 is 4.79 Å². The highest BCUT2D eigenvalue weighted by Crippen LogP contribution is 2.29. The van der Waals surface area contributed by atoms with Crippen LogP contribution in [0.1, 0.15) is 39.0 Å². The zero-order chi connectivity index (χ0) is 17.0. The van der Waals surface area contributed by atoms with Crippen LogP contribution in [0.3, 0.4) is 0 Å². The molecule has 0 aliphatic heterocycles. The van der Waals surface area contributed by atoms with Gasteiger partial charge in [-0.1, -0.05) is 55.3 Å². The minimum atomic E-state index is -0.680. The van der Waals surface area contributed by atoms with Gasteiger partial charge in [-0.2, -0.15) is 5.26 Å². The number of hydrogen-bond acceptors (Lipinski definition) is 4. The number of benzene rings is 1. The molecule has 2 aromatic rings. The van der Waals surface area contributed by atoms with Crippen molar-refractivity contribution in [3.63, 3.8) is 0 Å². The van der Waals surface area contributed by atoms with Crippen LogP contribution in [0.2, 0.25) is 0 Å². The summed E-state index contributed by atoms with van der Waals surface area (Å²) in [6.07, 6.45) is 4.65. The van der Waals surface area contributed by atoms with Gasteiger partial charge in [0.2, 0.25) is 5.91 Å². The Balaban J connectivity index is 1.67. The van der Waals surface area contributed by atoms with Crippen LogP contribution in [0.25, 0.3) is 10.9 Å². The van der Waals surface area contributed by atoms with Crippen LogP contribution < -0.4 is 5.32 Å². The summed E-state index contributed by atoms with van der Waals surface area (Å²) in [7, 11) is 0. The average molecular weight is 339 g/mol. The molecule has 1 amide bonds. The summed E-state index contributed by atoms with van der Waals surface area (Å²) in [6.45, 7) is 1.87.